The maximum atomic E-state index is 11.7. The second-order valence-corrected chi connectivity index (χ2v) is 5.79. The highest BCUT2D eigenvalue weighted by molar-refractivity contribution is 5.86. The van der Waals surface area contributed by atoms with Crippen molar-refractivity contribution in [1.29, 1.82) is 0 Å². The van der Waals surface area contributed by atoms with Gasteiger partial charge >= 0.3 is 5.97 Å². The smallest absolute Gasteiger partial charge is 0.321 e. The van der Waals surface area contributed by atoms with E-state index >= 15 is 0 Å². The van der Waals surface area contributed by atoms with Gasteiger partial charge in [-0.05, 0) is 48.7 Å². The predicted molar refractivity (Wildman–Crippen MR) is 84.5 cm³/mol. The first kappa shape index (κ1) is 14.1. The average Bonchev–Trinajstić information content (AvgIpc) is 2.53. The Kier molecular flexibility index (Phi) is 4.20. The number of carboxylic acid groups (broad SMARTS) is 1. The highest BCUT2D eigenvalue weighted by atomic mass is 16.4. The van der Waals surface area contributed by atoms with Crippen LogP contribution in [0.2, 0.25) is 0 Å². The molecule has 3 nitrogen and oxygen atoms in total. The molecule has 1 saturated heterocycles. The molecule has 0 radical (unpaired) electrons. The van der Waals surface area contributed by atoms with Gasteiger partial charge in [0.25, 0.3) is 0 Å². The first-order valence-corrected chi connectivity index (χ1v) is 7.69. The Morgan fingerprint density at radius 1 is 1.05 bits per heavy atom. The molecule has 3 heteroatoms. The molecule has 1 N–H and O–H groups in total. The summed E-state index contributed by atoms with van der Waals surface area (Å²) in [4.78, 5) is 13.8. The SMILES string of the molecule is O=C(O)[C@@H](Cc1cccc2ccccc12)N1CCCCC1. The van der Waals surface area contributed by atoms with Gasteiger partial charge in [-0.15, -0.1) is 0 Å². The lowest BCUT2D eigenvalue weighted by Gasteiger charge is -2.32. The topological polar surface area (TPSA) is 40.5 Å². The summed E-state index contributed by atoms with van der Waals surface area (Å²) < 4.78 is 0. The zero-order valence-electron chi connectivity index (χ0n) is 12.2. The van der Waals surface area contributed by atoms with Crippen molar-refractivity contribution >= 4 is 16.7 Å². The highest BCUT2D eigenvalue weighted by Gasteiger charge is 2.27. The third-order valence-corrected chi connectivity index (χ3v) is 4.41. The van der Waals surface area contributed by atoms with Gasteiger partial charge in [-0.25, -0.2) is 0 Å². The number of aliphatic carboxylic acids is 1. The second-order valence-electron chi connectivity index (χ2n) is 5.79. The van der Waals surface area contributed by atoms with Gasteiger partial charge in [0.1, 0.15) is 6.04 Å². The van der Waals surface area contributed by atoms with Crippen LogP contribution in [0.5, 0.6) is 0 Å². The molecular formula is C18H21NO2. The minimum absolute atomic E-state index is 0.406. The van der Waals surface area contributed by atoms with Crippen molar-refractivity contribution in [3.63, 3.8) is 0 Å². The summed E-state index contributed by atoms with van der Waals surface area (Å²) in [5.41, 5.74) is 1.13. The minimum Gasteiger partial charge on any atom is -0.480 e. The van der Waals surface area contributed by atoms with Crippen LogP contribution in [-0.4, -0.2) is 35.1 Å². The molecule has 3 rings (SSSR count). The molecule has 1 heterocycles. The van der Waals surface area contributed by atoms with Gasteiger partial charge in [-0.1, -0.05) is 48.9 Å². The Balaban J connectivity index is 1.89. The Bertz CT molecular complexity index is 627. The molecule has 1 atom stereocenters. The first-order chi connectivity index (χ1) is 10.3. The Morgan fingerprint density at radius 2 is 1.76 bits per heavy atom. The number of nitrogens with zero attached hydrogens (tertiary/aromatic N) is 1. The van der Waals surface area contributed by atoms with Crippen molar-refractivity contribution in [2.75, 3.05) is 13.1 Å². The van der Waals surface area contributed by atoms with Crippen molar-refractivity contribution in [3.8, 4) is 0 Å². The number of hydrogen-bond donors (Lipinski definition) is 1. The van der Waals surface area contributed by atoms with Gasteiger partial charge in [0.05, 0.1) is 0 Å². The fourth-order valence-corrected chi connectivity index (χ4v) is 3.28. The van der Waals surface area contributed by atoms with Gasteiger partial charge in [-0.2, -0.15) is 0 Å². The molecular weight excluding hydrogens is 262 g/mol. The molecule has 0 amide bonds. The number of rotatable bonds is 4. The van der Waals surface area contributed by atoms with Crippen LogP contribution >= 0.6 is 0 Å². The molecule has 1 fully saturated rings. The van der Waals surface area contributed by atoms with E-state index in [4.69, 9.17) is 0 Å². The zero-order valence-corrected chi connectivity index (χ0v) is 12.2. The van der Waals surface area contributed by atoms with Crippen LogP contribution in [0.25, 0.3) is 10.8 Å². The lowest BCUT2D eigenvalue weighted by atomic mass is 9.97. The standard InChI is InChI=1S/C18H21NO2/c20-18(21)17(19-11-4-1-5-12-19)13-15-9-6-8-14-7-2-3-10-16(14)15/h2-3,6-10,17H,1,4-5,11-13H2,(H,20,21)/t17-/m1/s1. The molecule has 0 aromatic heterocycles. The molecule has 0 spiro atoms. The van der Waals surface area contributed by atoms with Crippen molar-refractivity contribution in [1.82, 2.24) is 4.90 Å². The van der Waals surface area contributed by atoms with Crippen LogP contribution in [-0.2, 0) is 11.2 Å². The van der Waals surface area contributed by atoms with Crippen molar-refractivity contribution in [2.24, 2.45) is 0 Å². The minimum atomic E-state index is -0.704. The molecule has 1 aliphatic rings. The molecule has 2 aromatic rings. The lowest BCUT2D eigenvalue weighted by molar-refractivity contribution is -0.143. The normalized spacial score (nSPS) is 17.7. The van der Waals surface area contributed by atoms with E-state index in [1.165, 1.54) is 17.2 Å². The van der Waals surface area contributed by atoms with Gasteiger partial charge in [0.15, 0.2) is 0 Å². The molecule has 0 unspecified atom stereocenters. The van der Waals surface area contributed by atoms with Gasteiger partial charge in [0, 0.05) is 0 Å². The Hall–Kier alpha value is -1.87. The molecule has 0 bridgehead atoms. The second kappa shape index (κ2) is 6.27. The van der Waals surface area contributed by atoms with Crippen LogP contribution in [0.1, 0.15) is 24.8 Å². The molecule has 0 saturated carbocycles. The van der Waals surface area contributed by atoms with E-state index in [1.54, 1.807) is 0 Å². The molecule has 1 aliphatic heterocycles. The van der Waals surface area contributed by atoms with E-state index in [1.807, 2.05) is 18.2 Å². The molecule has 0 aliphatic carbocycles. The number of carboxylic acids is 1. The quantitative estimate of drug-likeness (QED) is 0.935. The van der Waals surface area contributed by atoms with Crippen LogP contribution in [0.15, 0.2) is 42.5 Å². The number of hydrogen-bond acceptors (Lipinski definition) is 2. The summed E-state index contributed by atoms with van der Waals surface area (Å²) >= 11 is 0. The van der Waals surface area contributed by atoms with Crippen molar-refractivity contribution in [2.45, 2.75) is 31.7 Å². The monoisotopic (exact) mass is 283 g/mol. The van der Waals surface area contributed by atoms with Crippen LogP contribution in [0.4, 0.5) is 0 Å². The van der Waals surface area contributed by atoms with E-state index in [2.05, 4.69) is 29.2 Å². The number of piperidine rings is 1. The Morgan fingerprint density at radius 3 is 2.52 bits per heavy atom. The van der Waals surface area contributed by atoms with Crippen LogP contribution < -0.4 is 0 Å². The third-order valence-electron chi connectivity index (χ3n) is 4.41. The predicted octanol–water partition coefficient (Wildman–Crippen LogP) is 3.32. The molecule has 110 valence electrons. The summed E-state index contributed by atoms with van der Waals surface area (Å²) in [5, 5.41) is 12.0. The fourth-order valence-electron chi connectivity index (χ4n) is 3.28. The summed E-state index contributed by atoms with van der Waals surface area (Å²) in [5.74, 6) is -0.704. The van der Waals surface area contributed by atoms with E-state index in [9.17, 15) is 9.90 Å². The lowest BCUT2D eigenvalue weighted by Crippen LogP contribution is -2.45. The largest absolute Gasteiger partial charge is 0.480 e. The van der Waals surface area contributed by atoms with Crippen molar-refractivity contribution < 1.29 is 9.90 Å². The Labute approximate surface area is 125 Å². The van der Waals surface area contributed by atoms with Gasteiger partial charge in [-0.3, -0.25) is 9.69 Å². The van der Waals surface area contributed by atoms with E-state index in [0.29, 0.717) is 6.42 Å². The van der Waals surface area contributed by atoms with E-state index in [-0.39, 0.29) is 0 Å². The molecule has 21 heavy (non-hydrogen) atoms. The van der Waals surface area contributed by atoms with Gasteiger partial charge in [0.2, 0.25) is 0 Å². The number of fused-ring (bicyclic) bond motifs is 1. The summed E-state index contributed by atoms with van der Waals surface area (Å²) in [6, 6.07) is 13.9. The number of likely N-dealkylation sites (tertiary alicyclic amines) is 1. The fraction of sp³-hybridized carbons (Fsp3) is 0.389. The average molecular weight is 283 g/mol. The highest BCUT2D eigenvalue weighted by Crippen LogP contribution is 2.22. The van der Waals surface area contributed by atoms with Crippen LogP contribution in [0.3, 0.4) is 0 Å². The zero-order chi connectivity index (χ0) is 14.7. The maximum Gasteiger partial charge on any atom is 0.321 e. The summed E-state index contributed by atoms with van der Waals surface area (Å²) in [6.45, 7) is 1.81. The molecule has 2 aromatic carbocycles. The van der Waals surface area contributed by atoms with Gasteiger partial charge < -0.3 is 5.11 Å². The first-order valence-electron chi connectivity index (χ1n) is 7.69. The third kappa shape index (κ3) is 3.08. The summed E-state index contributed by atoms with van der Waals surface area (Å²) in [6.07, 6.45) is 4.02. The number of carbonyl (C=O) groups is 1. The maximum absolute atomic E-state index is 11.7. The van der Waals surface area contributed by atoms with E-state index < -0.39 is 12.0 Å². The van der Waals surface area contributed by atoms with E-state index in [0.717, 1.165) is 31.5 Å². The van der Waals surface area contributed by atoms with Crippen molar-refractivity contribution in [3.05, 3.63) is 48.0 Å². The summed E-state index contributed by atoms with van der Waals surface area (Å²) in [7, 11) is 0. The number of benzene rings is 2. The van der Waals surface area contributed by atoms with Crippen LogP contribution in [0, 0.1) is 0 Å².